The number of nitrogens with zero attached hydrogens (tertiary/aromatic N) is 4. The topological polar surface area (TPSA) is 63.1 Å². The highest BCUT2D eigenvalue weighted by Crippen LogP contribution is 2.43. The Morgan fingerprint density at radius 3 is 2.77 bits per heavy atom. The van der Waals surface area contributed by atoms with Crippen LogP contribution in [0.25, 0.3) is 0 Å². The van der Waals surface area contributed by atoms with E-state index < -0.39 is 0 Å². The fourth-order valence-corrected chi connectivity index (χ4v) is 3.93. The molecule has 1 aromatic rings. The van der Waals surface area contributed by atoms with Crippen LogP contribution in [0.4, 0.5) is 0 Å². The first kappa shape index (κ1) is 15.5. The minimum Gasteiger partial charge on any atom is -0.342 e. The minimum absolute atomic E-state index is 0.164. The molecule has 2 atom stereocenters. The van der Waals surface area contributed by atoms with Crippen LogP contribution in [-0.2, 0) is 11.3 Å². The van der Waals surface area contributed by atoms with Crippen molar-refractivity contribution >= 4 is 5.91 Å². The molecule has 1 saturated carbocycles. The van der Waals surface area contributed by atoms with Crippen molar-refractivity contribution in [2.24, 2.45) is 11.3 Å². The maximum absolute atomic E-state index is 12.2. The summed E-state index contributed by atoms with van der Waals surface area (Å²) in [4.78, 5) is 18.2. The van der Waals surface area contributed by atoms with E-state index in [1.807, 2.05) is 9.58 Å². The summed E-state index contributed by atoms with van der Waals surface area (Å²) < 4.78 is 1.92. The summed E-state index contributed by atoms with van der Waals surface area (Å²) in [7, 11) is 0. The molecular weight excluding hydrogens is 278 g/mol. The lowest BCUT2D eigenvalue weighted by Crippen LogP contribution is -2.46. The highest BCUT2D eigenvalue weighted by atomic mass is 16.2. The van der Waals surface area contributed by atoms with E-state index in [0.717, 1.165) is 38.9 Å². The predicted molar refractivity (Wildman–Crippen MR) is 84.1 cm³/mol. The lowest BCUT2D eigenvalue weighted by atomic mass is 9.79. The zero-order chi connectivity index (χ0) is 15.6. The highest BCUT2D eigenvalue weighted by molar-refractivity contribution is 5.78. The van der Waals surface area contributed by atoms with Gasteiger partial charge in [0.15, 0.2) is 0 Å². The Bertz CT molecular complexity index is 493. The average Bonchev–Trinajstić information content (AvgIpc) is 3.21. The Kier molecular flexibility index (Phi) is 4.47. The van der Waals surface area contributed by atoms with Crippen molar-refractivity contribution in [3.8, 4) is 0 Å². The minimum atomic E-state index is 0.164. The van der Waals surface area contributed by atoms with Crippen LogP contribution < -0.4 is 5.32 Å². The van der Waals surface area contributed by atoms with Gasteiger partial charge in [-0.2, -0.15) is 5.10 Å². The number of nitrogens with one attached hydrogen (secondary N) is 1. The fraction of sp³-hybridized carbons (Fsp3) is 0.812. The van der Waals surface area contributed by atoms with E-state index in [1.165, 1.54) is 6.42 Å². The van der Waals surface area contributed by atoms with E-state index in [1.54, 1.807) is 12.7 Å². The molecule has 1 aromatic heterocycles. The molecule has 0 radical (unpaired) electrons. The van der Waals surface area contributed by atoms with Gasteiger partial charge in [0.2, 0.25) is 5.91 Å². The Morgan fingerprint density at radius 1 is 1.32 bits per heavy atom. The smallest absolute Gasteiger partial charge is 0.236 e. The molecule has 2 fully saturated rings. The molecule has 1 aliphatic heterocycles. The number of amides is 1. The van der Waals surface area contributed by atoms with E-state index >= 15 is 0 Å². The van der Waals surface area contributed by atoms with Crippen LogP contribution in [0.1, 0.15) is 39.5 Å². The number of carbonyl (C=O) groups excluding carboxylic acids is 1. The van der Waals surface area contributed by atoms with Gasteiger partial charge in [-0.3, -0.25) is 9.48 Å². The number of hydrogen-bond acceptors (Lipinski definition) is 4. The summed E-state index contributed by atoms with van der Waals surface area (Å²) in [6.45, 7) is 7.86. The summed E-state index contributed by atoms with van der Waals surface area (Å²) in [5.41, 5.74) is 0.164. The molecule has 1 aliphatic carbocycles. The van der Waals surface area contributed by atoms with E-state index in [9.17, 15) is 4.79 Å². The molecule has 22 heavy (non-hydrogen) atoms. The van der Waals surface area contributed by atoms with Gasteiger partial charge in [-0.25, -0.2) is 4.98 Å². The normalized spacial score (nSPS) is 27.5. The van der Waals surface area contributed by atoms with E-state index in [-0.39, 0.29) is 11.3 Å². The second-order valence-electron chi connectivity index (χ2n) is 7.23. The van der Waals surface area contributed by atoms with Crippen LogP contribution in [0.5, 0.6) is 0 Å². The largest absolute Gasteiger partial charge is 0.342 e. The van der Waals surface area contributed by atoms with Crippen molar-refractivity contribution < 1.29 is 4.79 Å². The van der Waals surface area contributed by atoms with Crippen molar-refractivity contribution in [1.29, 1.82) is 0 Å². The van der Waals surface area contributed by atoms with Gasteiger partial charge in [0.1, 0.15) is 12.7 Å². The molecule has 6 heteroatoms. The van der Waals surface area contributed by atoms with Gasteiger partial charge in [-0.05, 0) is 37.0 Å². The maximum Gasteiger partial charge on any atom is 0.236 e. The highest BCUT2D eigenvalue weighted by Gasteiger charge is 2.43. The molecule has 6 nitrogen and oxygen atoms in total. The summed E-state index contributed by atoms with van der Waals surface area (Å²) in [6, 6.07) is 0.396. The third-order valence-corrected chi connectivity index (χ3v) is 5.59. The zero-order valence-corrected chi connectivity index (χ0v) is 13.7. The molecule has 1 N–H and O–H groups in total. The van der Waals surface area contributed by atoms with Gasteiger partial charge in [0.25, 0.3) is 0 Å². The summed E-state index contributed by atoms with van der Waals surface area (Å²) in [5.74, 6) is 0.821. The quantitative estimate of drug-likeness (QED) is 0.890. The molecular formula is C16H27N5O. The van der Waals surface area contributed by atoms with Crippen LogP contribution in [0, 0.1) is 11.3 Å². The van der Waals surface area contributed by atoms with Gasteiger partial charge in [0.05, 0.1) is 6.54 Å². The molecule has 2 aliphatic rings. The monoisotopic (exact) mass is 305 g/mol. The Balaban J connectivity index is 1.52. The van der Waals surface area contributed by atoms with E-state index in [0.29, 0.717) is 18.5 Å². The molecule has 0 aromatic carbocycles. The van der Waals surface area contributed by atoms with Crippen LogP contribution in [0.15, 0.2) is 12.7 Å². The van der Waals surface area contributed by atoms with Crippen LogP contribution in [0.3, 0.4) is 0 Å². The number of aromatic nitrogens is 3. The molecule has 0 unspecified atom stereocenters. The molecule has 1 amide bonds. The molecule has 0 bridgehead atoms. The first-order valence-electron chi connectivity index (χ1n) is 8.41. The Labute approximate surface area is 132 Å². The maximum atomic E-state index is 12.2. The fourth-order valence-electron chi connectivity index (χ4n) is 3.93. The Morgan fingerprint density at radius 2 is 2.09 bits per heavy atom. The number of rotatable bonds is 5. The summed E-state index contributed by atoms with van der Waals surface area (Å²) in [5, 5.41) is 7.74. The van der Waals surface area contributed by atoms with Crippen LogP contribution >= 0.6 is 0 Å². The van der Waals surface area contributed by atoms with Gasteiger partial charge in [-0.1, -0.05) is 13.8 Å². The van der Waals surface area contributed by atoms with Crippen molar-refractivity contribution in [2.45, 2.75) is 52.1 Å². The van der Waals surface area contributed by atoms with E-state index in [2.05, 4.69) is 29.2 Å². The Hall–Kier alpha value is -1.43. The number of likely N-dealkylation sites (tertiary alicyclic amines) is 1. The van der Waals surface area contributed by atoms with Crippen molar-refractivity contribution in [1.82, 2.24) is 25.0 Å². The second-order valence-corrected chi connectivity index (χ2v) is 7.23. The summed E-state index contributed by atoms with van der Waals surface area (Å²) in [6.07, 6.45) is 7.98. The van der Waals surface area contributed by atoms with Crippen molar-refractivity contribution in [2.75, 3.05) is 19.6 Å². The zero-order valence-electron chi connectivity index (χ0n) is 13.7. The third kappa shape index (κ3) is 3.16. The van der Waals surface area contributed by atoms with Gasteiger partial charge in [-0.15, -0.1) is 0 Å². The average molecular weight is 305 g/mol. The van der Waals surface area contributed by atoms with E-state index in [4.69, 9.17) is 0 Å². The number of carbonyl (C=O) groups is 1. The predicted octanol–water partition coefficient (Wildman–Crippen LogP) is 1.29. The lowest BCUT2D eigenvalue weighted by Gasteiger charge is -2.34. The molecule has 3 rings (SSSR count). The standard InChI is InChI=1S/C16H27N5O/c1-16(2)13(10-21-12-17-11-19-21)5-6-14(16)18-9-15(22)20-7-3-4-8-20/h11-14,18H,3-10H2,1-2H3/t13-,14-/m1/s1. The van der Waals surface area contributed by atoms with Crippen LogP contribution in [-0.4, -0.2) is 51.2 Å². The van der Waals surface area contributed by atoms with Crippen molar-refractivity contribution in [3.05, 3.63) is 12.7 Å². The number of hydrogen-bond donors (Lipinski definition) is 1. The lowest BCUT2D eigenvalue weighted by molar-refractivity contribution is -0.129. The van der Waals surface area contributed by atoms with Gasteiger partial charge < -0.3 is 10.2 Å². The van der Waals surface area contributed by atoms with Crippen LogP contribution in [0.2, 0.25) is 0 Å². The van der Waals surface area contributed by atoms with Gasteiger partial charge in [0, 0.05) is 25.7 Å². The molecule has 122 valence electrons. The third-order valence-electron chi connectivity index (χ3n) is 5.59. The SMILES string of the molecule is CC1(C)[C@@H](Cn2cncn2)CC[C@H]1NCC(=O)N1CCCC1. The van der Waals surface area contributed by atoms with Crippen molar-refractivity contribution in [3.63, 3.8) is 0 Å². The first-order chi connectivity index (χ1) is 10.6. The summed E-state index contributed by atoms with van der Waals surface area (Å²) >= 11 is 0. The second kappa shape index (κ2) is 6.36. The van der Waals surface area contributed by atoms with Gasteiger partial charge >= 0.3 is 0 Å². The molecule has 2 heterocycles. The molecule has 1 saturated heterocycles. The molecule has 0 spiro atoms. The first-order valence-corrected chi connectivity index (χ1v) is 8.41.